The molecule has 68 valence electrons. The van der Waals surface area contributed by atoms with Crippen molar-refractivity contribution in [3.05, 3.63) is 30.3 Å². The minimum absolute atomic E-state index is 0.925. The number of hydrogen-bond acceptors (Lipinski definition) is 2. The van der Waals surface area contributed by atoms with Crippen LogP contribution in [-0.2, 0) is 0 Å². The molecule has 0 spiro atoms. The highest BCUT2D eigenvalue weighted by Gasteiger charge is 2.07. The molecule has 13 heavy (non-hydrogen) atoms. The van der Waals surface area contributed by atoms with Crippen LogP contribution in [0.15, 0.2) is 40.7 Å². The number of benzene rings is 1. The van der Waals surface area contributed by atoms with Crippen LogP contribution in [0.2, 0.25) is 0 Å². The largest absolute Gasteiger partial charge is 0.278 e. The lowest BCUT2D eigenvalue weighted by molar-refractivity contribution is 0.336. The molecule has 1 saturated heterocycles. The van der Waals surface area contributed by atoms with Crippen molar-refractivity contribution in [3.8, 4) is 0 Å². The summed E-state index contributed by atoms with van der Waals surface area (Å²) in [5, 5.41) is 10.3. The predicted molar refractivity (Wildman–Crippen MR) is 51.8 cm³/mol. The molecular formula is C10H13N3. The summed E-state index contributed by atoms with van der Waals surface area (Å²) >= 11 is 0. The van der Waals surface area contributed by atoms with E-state index in [0.29, 0.717) is 0 Å². The summed E-state index contributed by atoms with van der Waals surface area (Å²) in [6, 6.07) is 9.84. The molecule has 1 aromatic rings. The van der Waals surface area contributed by atoms with Crippen LogP contribution in [0.5, 0.6) is 0 Å². The summed E-state index contributed by atoms with van der Waals surface area (Å²) in [6.07, 6.45) is 2.49. The Hall–Kier alpha value is -1.38. The molecule has 0 unspecified atom stereocenters. The SMILES string of the molecule is c1ccc(/N=N/N2CCCC2)cc1. The highest BCUT2D eigenvalue weighted by atomic mass is 15.5. The van der Waals surface area contributed by atoms with E-state index in [2.05, 4.69) is 10.3 Å². The van der Waals surface area contributed by atoms with Crippen LogP contribution in [0.25, 0.3) is 0 Å². The van der Waals surface area contributed by atoms with E-state index in [4.69, 9.17) is 0 Å². The minimum Gasteiger partial charge on any atom is -0.278 e. The van der Waals surface area contributed by atoms with E-state index in [0.717, 1.165) is 18.8 Å². The summed E-state index contributed by atoms with van der Waals surface area (Å²) in [4.78, 5) is 0. The molecule has 0 aromatic heterocycles. The van der Waals surface area contributed by atoms with E-state index in [1.165, 1.54) is 12.8 Å². The maximum Gasteiger partial charge on any atom is 0.0874 e. The second kappa shape index (κ2) is 4.03. The van der Waals surface area contributed by atoms with Gasteiger partial charge in [-0.1, -0.05) is 23.4 Å². The maximum atomic E-state index is 4.15. The van der Waals surface area contributed by atoms with Gasteiger partial charge in [-0.25, -0.2) is 0 Å². The summed E-state index contributed by atoms with van der Waals surface area (Å²) in [6.45, 7) is 2.10. The Bertz CT molecular complexity index is 275. The number of rotatable bonds is 2. The molecule has 0 bridgehead atoms. The van der Waals surface area contributed by atoms with E-state index in [1.807, 2.05) is 35.3 Å². The Balaban J connectivity index is 1.97. The Morgan fingerprint density at radius 1 is 1.00 bits per heavy atom. The van der Waals surface area contributed by atoms with Crippen molar-refractivity contribution >= 4 is 5.69 Å². The van der Waals surface area contributed by atoms with Crippen molar-refractivity contribution < 1.29 is 0 Å². The van der Waals surface area contributed by atoms with Crippen LogP contribution in [0.1, 0.15) is 12.8 Å². The van der Waals surface area contributed by atoms with Gasteiger partial charge in [0.15, 0.2) is 0 Å². The van der Waals surface area contributed by atoms with E-state index < -0.39 is 0 Å². The molecular weight excluding hydrogens is 162 g/mol. The van der Waals surface area contributed by atoms with E-state index >= 15 is 0 Å². The lowest BCUT2D eigenvalue weighted by atomic mass is 10.3. The zero-order valence-corrected chi connectivity index (χ0v) is 7.56. The Morgan fingerprint density at radius 3 is 2.38 bits per heavy atom. The highest BCUT2D eigenvalue weighted by molar-refractivity contribution is 5.34. The van der Waals surface area contributed by atoms with Crippen molar-refractivity contribution in [3.63, 3.8) is 0 Å². The fourth-order valence-corrected chi connectivity index (χ4v) is 1.40. The van der Waals surface area contributed by atoms with Crippen LogP contribution < -0.4 is 0 Å². The molecule has 3 heteroatoms. The maximum absolute atomic E-state index is 4.15. The zero-order chi connectivity index (χ0) is 8.93. The molecule has 1 aromatic carbocycles. The smallest absolute Gasteiger partial charge is 0.0874 e. The fraction of sp³-hybridized carbons (Fsp3) is 0.400. The lowest BCUT2D eigenvalue weighted by Crippen LogP contribution is -2.09. The molecule has 1 aliphatic heterocycles. The molecule has 0 saturated carbocycles. The Morgan fingerprint density at radius 2 is 1.69 bits per heavy atom. The van der Waals surface area contributed by atoms with Crippen LogP contribution in [-0.4, -0.2) is 18.1 Å². The Kier molecular flexibility index (Phi) is 2.55. The standard InChI is InChI=1S/C10H13N3/c1-2-6-10(7-3-1)11-12-13-8-4-5-9-13/h1-3,6-7H,4-5,8-9H2/b12-11+. The van der Waals surface area contributed by atoms with Crippen LogP contribution >= 0.6 is 0 Å². The molecule has 1 fully saturated rings. The van der Waals surface area contributed by atoms with Gasteiger partial charge >= 0.3 is 0 Å². The third-order valence-corrected chi connectivity index (χ3v) is 2.13. The second-order valence-electron chi connectivity index (χ2n) is 3.19. The normalized spacial score (nSPS) is 17.1. The Labute approximate surface area is 78.1 Å². The van der Waals surface area contributed by atoms with Gasteiger partial charge in [0.2, 0.25) is 0 Å². The first-order valence-corrected chi connectivity index (χ1v) is 4.67. The average molecular weight is 175 g/mol. The van der Waals surface area contributed by atoms with Crippen LogP contribution in [0, 0.1) is 0 Å². The predicted octanol–water partition coefficient (Wildman–Crippen LogP) is 2.78. The zero-order valence-electron chi connectivity index (χ0n) is 7.56. The van der Waals surface area contributed by atoms with E-state index in [-0.39, 0.29) is 0 Å². The molecule has 0 aliphatic carbocycles. The second-order valence-corrected chi connectivity index (χ2v) is 3.19. The first-order chi connectivity index (χ1) is 6.45. The molecule has 1 heterocycles. The summed E-state index contributed by atoms with van der Waals surface area (Å²) in [5.74, 6) is 0. The highest BCUT2D eigenvalue weighted by Crippen LogP contribution is 2.13. The monoisotopic (exact) mass is 175 g/mol. The van der Waals surface area contributed by atoms with Crippen molar-refractivity contribution in [1.29, 1.82) is 0 Å². The van der Waals surface area contributed by atoms with Crippen molar-refractivity contribution in [2.75, 3.05) is 13.1 Å². The topological polar surface area (TPSA) is 28.0 Å². The van der Waals surface area contributed by atoms with Crippen molar-refractivity contribution in [1.82, 2.24) is 5.01 Å². The third-order valence-electron chi connectivity index (χ3n) is 2.13. The van der Waals surface area contributed by atoms with Crippen LogP contribution in [0.3, 0.4) is 0 Å². The molecule has 1 aliphatic rings. The average Bonchev–Trinajstić information content (AvgIpc) is 2.69. The van der Waals surface area contributed by atoms with E-state index in [9.17, 15) is 0 Å². The minimum atomic E-state index is 0.925. The van der Waals surface area contributed by atoms with Gasteiger partial charge < -0.3 is 0 Å². The number of nitrogens with zero attached hydrogens (tertiary/aromatic N) is 3. The molecule has 0 radical (unpaired) electrons. The first-order valence-electron chi connectivity index (χ1n) is 4.67. The van der Waals surface area contributed by atoms with Gasteiger partial charge in [-0.05, 0) is 25.0 Å². The van der Waals surface area contributed by atoms with Gasteiger partial charge in [0.1, 0.15) is 0 Å². The van der Waals surface area contributed by atoms with Gasteiger partial charge in [-0.15, -0.1) is 5.11 Å². The van der Waals surface area contributed by atoms with Gasteiger partial charge in [0.05, 0.1) is 5.69 Å². The summed E-state index contributed by atoms with van der Waals surface area (Å²) in [7, 11) is 0. The fourth-order valence-electron chi connectivity index (χ4n) is 1.40. The van der Waals surface area contributed by atoms with Gasteiger partial charge in [-0.2, -0.15) is 0 Å². The molecule has 3 nitrogen and oxygen atoms in total. The van der Waals surface area contributed by atoms with Crippen molar-refractivity contribution in [2.24, 2.45) is 10.3 Å². The van der Waals surface area contributed by atoms with Gasteiger partial charge in [0.25, 0.3) is 0 Å². The third kappa shape index (κ3) is 2.28. The molecule has 2 rings (SSSR count). The summed E-state index contributed by atoms with van der Waals surface area (Å²) < 4.78 is 0. The summed E-state index contributed by atoms with van der Waals surface area (Å²) in [5.41, 5.74) is 0.925. The van der Waals surface area contributed by atoms with Gasteiger partial charge in [-0.3, -0.25) is 5.01 Å². The first kappa shape index (κ1) is 8.23. The lowest BCUT2D eigenvalue weighted by Gasteiger charge is -2.06. The van der Waals surface area contributed by atoms with Crippen LogP contribution in [0.4, 0.5) is 5.69 Å². The van der Waals surface area contributed by atoms with E-state index in [1.54, 1.807) is 0 Å². The molecule has 0 atom stereocenters. The molecule has 0 N–H and O–H groups in total. The van der Waals surface area contributed by atoms with Crippen molar-refractivity contribution in [2.45, 2.75) is 12.8 Å². The molecule has 0 amide bonds. The van der Waals surface area contributed by atoms with Gasteiger partial charge in [0, 0.05) is 13.1 Å². The number of hydrogen-bond donors (Lipinski definition) is 0. The quantitative estimate of drug-likeness (QED) is 0.635.